The fourth-order valence-corrected chi connectivity index (χ4v) is 4.64. The Balaban J connectivity index is 1.47. The number of benzene rings is 2. The zero-order chi connectivity index (χ0) is 21.4. The van der Waals surface area contributed by atoms with Crippen molar-refractivity contribution in [3.63, 3.8) is 0 Å². The van der Waals surface area contributed by atoms with E-state index >= 15 is 0 Å². The number of hydrogen-bond donors (Lipinski definition) is 1. The Hall–Kier alpha value is -2.42. The standard InChI is InChI=1S/C22H28N2O5S/c1-2-29-20-9-5-18(6-10-20)4-3-13-23-22(25)19-7-11-21(12-8-19)30(26,27)24-14-16-28-17-15-24/h5-12H,2-4,13-17H2,1H3,(H,23,25). The molecule has 0 spiro atoms. The van der Waals surface area contributed by atoms with Crippen molar-refractivity contribution < 1.29 is 22.7 Å². The van der Waals surface area contributed by atoms with Gasteiger partial charge < -0.3 is 14.8 Å². The Morgan fingerprint density at radius 1 is 1.07 bits per heavy atom. The monoisotopic (exact) mass is 432 g/mol. The molecule has 2 aromatic carbocycles. The SMILES string of the molecule is CCOc1ccc(CCCNC(=O)c2ccc(S(=O)(=O)N3CCOCC3)cc2)cc1. The molecule has 0 aromatic heterocycles. The summed E-state index contributed by atoms with van der Waals surface area (Å²) in [7, 11) is -3.55. The Bertz CT molecular complexity index is 921. The van der Waals surface area contributed by atoms with Gasteiger partial charge in [-0.15, -0.1) is 0 Å². The normalized spacial score (nSPS) is 15.0. The van der Waals surface area contributed by atoms with Crippen molar-refractivity contribution in [3.8, 4) is 5.75 Å². The van der Waals surface area contributed by atoms with E-state index in [1.165, 1.54) is 22.0 Å². The molecule has 0 radical (unpaired) electrons. The number of morpholine rings is 1. The molecule has 1 aliphatic rings. The Morgan fingerprint density at radius 2 is 1.73 bits per heavy atom. The first-order valence-corrected chi connectivity index (χ1v) is 11.6. The summed E-state index contributed by atoms with van der Waals surface area (Å²) in [6.07, 6.45) is 1.66. The molecule has 0 unspecified atom stereocenters. The summed E-state index contributed by atoms with van der Waals surface area (Å²) in [4.78, 5) is 12.5. The molecule has 1 fully saturated rings. The first-order valence-electron chi connectivity index (χ1n) is 10.2. The lowest BCUT2D eigenvalue weighted by Gasteiger charge is -2.26. The average Bonchev–Trinajstić information content (AvgIpc) is 2.78. The first kappa shape index (κ1) is 22.3. The third-order valence-corrected chi connectivity index (χ3v) is 6.80. The largest absolute Gasteiger partial charge is 0.494 e. The molecule has 30 heavy (non-hydrogen) atoms. The molecule has 7 nitrogen and oxygen atoms in total. The van der Waals surface area contributed by atoms with Crippen LogP contribution >= 0.6 is 0 Å². The summed E-state index contributed by atoms with van der Waals surface area (Å²) in [5.74, 6) is 0.644. The molecule has 3 rings (SSSR count). The topological polar surface area (TPSA) is 84.9 Å². The van der Waals surface area contributed by atoms with Crippen LogP contribution in [0.5, 0.6) is 5.75 Å². The van der Waals surface area contributed by atoms with Crippen LogP contribution in [-0.4, -0.2) is 58.1 Å². The van der Waals surface area contributed by atoms with Gasteiger partial charge in [0.25, 0.3) is 5.91 Å². The number of nitrogens with one attached hydrogen (secondary N) is 1. The Morgan fingerprint density at radius 3 is 2.37 bits per heavy atom. The van der Waals surface area contributed by atoms with Crippen LogP contribution in [0, 0.1) is 0 Å². The van der Waals surface area contributed by atoms with E-state index in [1.807, 2.05) is 31.2 Å². The van der Waals surface area contributed by atoms with E-state index in [9.17, 15) is 13.2 Å². The second-order valence-corrected chi connectivity index (χ2v) is 8.92. The molecule has 1 saturated heterocycles. The molecule has 1 amide bonds. The summed E-state index contributed by atoms with van der Waals surface area (Å²) in [6, 6.07) is 14.0. The lowest BCUT2D eigenvalue weighted by molar-refractivity contribution is 0.0730. The molecule has 8 heteroatoms. The van der Waals surface area contributed by atoms with Gasteiger partial charge in [0.2, 0.25) is 10.0 Å². The van der Waals surface area contributed by atoms with Gasteiger partial charge in [-0.1, -0.05) is 12.1 Å². The van der Waals surface area contributed by atoms with Crippen molar-refractivity contribution >= 4 is 15.9 Å². The van der Waals surface area contributed by atoms with Gasteiger partial charge in [-0.25, -0.2) is 8.42 Å². The molecule has 0 saturated carbocycles. The zero-order valence-corrected chi connectivity index (χ0v) is 18.0. The van der Waals surface area contributed by atoms with Gasteiger partial charge in [-0.2, -0.15) is 4.31 Å². The molecular weight excluding hydrogens is 404 g/mol. The van der Waals surface area contributed by atoms with E-state index in [-0.39, 0.29) is 10.8 Å². The van der Waals surface area contributed by atoms with E-state index in [0.29, 0.717) is 45.0 Å². The maximum Gasteiger partial charge on any atom is 0.251 e. The molecule has 0 bridgehead atoms. The summed E-state index contributed by atoms with van der Waals surface area (Å²) in [5, 5.41) is 2.88. The number of ether oxygens (including phenoxy) is 2. The minimum absolute atomic E-state index is 0.191. The molecular formula is C22H28N2O5S. The third kappa shape index (κ3) is 5.81. The van der Waals surface area contributed by atoms with Gasteiger partial charge >= 0.3 is 0 Å². The smallest absolute Gasteiger partial charge is 0.251 e. The molecule has 1 aliphatic heterocycles. The van der Waals surface area contributed by atoms with Crippen molar-refractivity contribution in [2.75, 3.05) is 39.5 Å². The van der Waals surface area contributed by atoms with E-state index < -0.39 is 10.0 Å². The van der Waals surface area contributed by atoms with E-state index in [0.717, 1.165) is 18.6 Å². The van der Waals surface area contributed by atoms with Crippen molar-refractivity contribution in [2.45, 2.75) is 24.7 Å². The zero-order valence-electron chi connectivity index (χ0n) is 17.2. The Kier molecular flexibility index (Phi) is 7.84. The number of nitrogens with zero attached hydrogens (tertiary/aromatic N) is 1. The number of carbonyl (C=O) groups is 1. The van der Waals surface area contributed by atoms with Crippen LogP contribution in [-0.2, 0) is 21.2 Å². The maximum absolute atomic E-state index is 12.6. The van der Waals surface area contributed by atoms with Crippen molar-refractivity contribution in [1.29, 1.82) is 0 Å². The predicted molar refractivity (Wildman–Crippen MR) is 114 cm³/mol. The molecule has 1 heterocycles. The van der Waals surface area contributed by atoms with Crippen LogP contribution in [0.1, 0.15) is 29.3 Å². The fraction of sp³-hybridized carbons (Fsp3) is 0.409. The van der Waals surface area contributed by atoms with Gasteiger partial charge in [-0.3, -0.25) is 4.79 Å². The predicted octanol–water partition coefficient (Wildman–Crippen LogP) is 2.47. The lowest BCUT2D eigenvalue weighted by atomic mass is 10.1. The fourth-order valence-electron chi connectivity index (χ4n) is 3.23. The Labute approximate surface area is 178 Å². The van der Waals surface area contributed by atoms with E-state index in [2.05, 4.69) is 5.32 Å². The minimum atomic E-state index is -3.55. The summed E-state index contributed by atoms with van der Waals surface area (Å²) >= 11 is 0. The van der Waals surface area contributed by atoms with Crippen LogP contribution in [0.4, 0.5) is 0 Å². The van der Waals surface area contributed by atoms with Crippen molar-refractivity contribution in [1.82, 2.24) is 9.62 Å². The highest BCUT2D eigenvalue weighted by Gasteiger charge is 2.26. The quantitative estimate of drug-likeness (QED) is 0.616. The van der Waals surface area contributed by atoms with Crippen LogP contribution in [0.25, 0.3) is 0 Å². The van der Waals surface area contributed by atoms with Crippen LogP contribution in [0.3, 0.4) is 0 Å². The van der Waals surface area contributed by atoms with Crippen LogP contribution < -0.4 is 10.1 Å². The van der Waals surface area contributed by atoms with Crippen LogP contribution in [0.15, 0.2) is 53.4 Å². The molecule has 162 valence electrons. The number of hydrogen-bond acceptors (Lipinski definition) is 5. The number of amides is 1. The molecule has 1 N–H and O–H groups in total. The van der Waals surface area contributed by atoms with E-state index in [4.69, 9.17) is 9.47 Å². The maximum atomic E-state index is 12.6. The van der Waals surface area contributed by atoms with Gasteiger partial charge in [-0.05, 0) is 61.7 Å². The first-order chi connectivity index (χ1) is 14.5. The van der Waals surface area contributed by atoms with Gasteiger partial charge in [0, 0.05) is 25.2 Å². The van der Waals surface area contributed by atoms with Gasteiger partial charge in [0.05, 0.1) is 24.7 Å². The average molecular weight is 433 g/mol. The number of rotatable bonds is 9. The highest BCUT2D eigenvalue weighted by molar-refractivity contribution is 7.89. The number of aryl methyl sites for hydroxylation is 1. The van der Waals surface area contributed by atoms with Crippen molar-refractivity contribution in [3.05, 3.63) is 59.7 Å². The number of sulfonamides is 1. The molecule has 0 aliphatic carbocycles. The minimum Gasteiger partial charge on any atom is -0.494 e. The van der Waals surface area contributed by atoms with Crippen molar-refractivity contribution in [2.24, 2.45) is 0 Å². The summed E-state index contributed by atoms with van der Waals surface area (Å²) < 4.78 is 37.3. The highest BCUT2D eigenvalue weighted by atomic mass is 32.2. The third-order valence-electron chi connectivity index (χ3n) is 4.89. The second kappa shape index (κ2) is 10.6. The van der Waals surface area contributed by atoms with Gasteiger partial charge in [0.15, 0.2) is 0 Å². The molecule has 0 atom stereocenters. The second-order valence-electron chi connectivity index (χ2n) is 6.98. The summed E-state index contributed by atoms with van der Waals surface area (Å²) in [6.45, 7) is 4.63. The molecule has 2 aromatic rings. The highest BCUT2D eigenvalue weighted by Crippen LogP contribution is 2.18. The van der Waals surface area contributed by atoms with Crippen LogP contribution in [0.2, 0.25) is 0 Å². The van der Waals surface area contributed by atoms with E-state index in [1.54, 1.807) is 12.1 Å². The van der Waals surface area contributed by atoms with Gasteiger partial charge in [0.1, 0.15) is 5.75 Å². The number of carbonyl (C=O) groups excluding carboxylic acids is 1. The lowest BCUT2D eigenvalue weighted by Crippen LogP contribution is -2.40. The summed E-state index contributed by atoms with van der Waals surface area (Å²) in [5.41, 5.74) is 1.63.